The Morgan fingerprint density at radius 1 is 1.20 bits per heavy atom. The number of rotatable bonds is 3. The highest BCUT2D eigenvalue weighted by Gasteiger charge is 2.24. The Labute approximate surface area is 126 Å². The number of aromatic nitrogens is 2. The van der Waals surface area contributed by atoms with Crippen LogP contribution < -0.4 is 4.74 Å². The molecule has 0 radical (unpaired) electrons. The van der Waals surface area contributed by atoms with Gasteiger partial charge in [0.05, 0.1) is 27.9 Å². The topological polar surface area (TPSA) is 61.2 Å². The summed E-state index contributed by atoms with van der Waals surface area (Å²) in [7, 11) is -2.23. The van der Waals surface area contributed by atoms with Crippen LogP contribution in [0.2, 0.25) is 0 Å². The smallest absolute Gasteiger partial charge is 0.283 e. The zero-order chi connectivity index (χ0) is 15.1. The predicted molar refractivity (Wildman–Crippen MR) is 79.7 cm³/mol. The molecule has 5 nitrogen and oxygen atoms in total. The molecule has 0 aliphatic carbocycles. The molecular weight excluding hydrogens is 344 g/mol. The maximum absolute atomic E-state index is 12.7. The lowest BCUT2D eigenvalue weighted by atomic mass is 10.2. The fourth-order valence-electron chi connectivity index (χ4n) is 2.01. The molecule has 1 aromatic heterocycles. The van der Waals surface area contributed by atoms with Gasteiger partial charge >= 0.3 is 0 Å². The molecule has 2 rings (SSSR count). The Balaban J connectivity index is 2.69. The van der Waals surface area contributed by atoms with Crippen LogP contribution in [-0.4, -0.2) is 24.7 Å². The second kappa shape index (κ2) is 5.21. The van der Waals surface area contributed by atoms with E-state index in [9.17, 15) is 8.42 Å². The van der Waals surface area contributed by atoms with Crippen molar-refractivity contribution in [3.8, 4) is 5.75 Å². The normalized spacial score (nSPS) is 11.7. The summed E-state index contributed by atoms with van der Waals surface area (Å²) in [5, 5.41) is 4.05. The summed E-state index contributed by atoms with van der Waals surface area (Å²) >= 11 is 3.34. The van der Waals surface area contributed by atoms with E-state index in [2.05, 4.69) is 21.0 Å². The number of ether oxygens (including phenoxy) is 1. The van der Waals surface area contributed by atoms with E-state index < -0.39 is 10.0 Å². The average molecular weight is 359 g/mol. The van der Waals surface area contributed by atoms with Gasteiger partial charge in [-0.1, -0.05) is 0 Å². The van der Waals surface area contributed by atoms with Crippen molar-refractivity contribution in [1.82, 2.24) is 9.19 Å². The van der Waals surface area contributed by atoms with Gasteiger partial charge < -0.3 is 4.74 Å². The lowest BCUT2D eigenvalue weighted by Gasteiger charge is -2.12. The molecule has 2 aromatic rings. The molecule has 1 heterocycles. The maximum atomic E-state index is 12.7. The first-order valence-electron chi connectivity index (χ1n) is 5.90. The zero-order valence-electron chi connectivity index (χ0n) is 11.6. The third-order valence-electron chi connectivity index (χ3n) is 2.92. The van der Waals surface area contributed by atoms with Crippen LogP contribution in [0.25, 0.3) is 0 Å². The highest BCUT2D eigenvalue weighted by atomic mass is 79.9. The lowest BCUT2D eigenvalue weighted by Crippen LogP contribution is -2.17. The molecule has 20 heavy (non-hydrogen) atoms. The zero-order valence-corrected chi connectivity index (χ0v) is 14.0. The second-order valence-electron chi connectivity index (χ2n) is 4.53. The molecule has 0 bridgehead atoms. The third-order valence-corrected chi connectivity index (χ3v) is 5.36. The van der Waals surface area contributed by atoms with Gasteiger partial charge in [0, 0.05) is 6.07 Å². The van der Waals surface area contributed by atoms with Gasteiger partial charge in [0.25, 0.3) is 10.0 Å². The average Bonchev–Trinajstić information content (AvgIpc) is 2.69. The molecule has 108 valence electrons. The summed E-state index contributed by atoms with van der Waals surface area (Å²) in [5.41, 5.74) is 1.86. The molecule has 0 aliphatic heterocycles. The number of benzene rings is 1. The Kier molecular flexibility index (Phi) is 3.93. The highest BCUT2D eigenvalue weighted by Crippen LogP contribution is 2.31. The van der Waals surface area contributed by atoms with Crippen molar-refractivity contribution >= 4 is 26.0 Å². The molecule has 0 fully saturated rings. The summed E-state index contributed by atoms with van der Waals surface area (Å²) in [6.07, 6.45) is 0. The molecule has 0 atom stereocenters. The van der Waals surface area contributed by atoms with Crippen LogP contribution in [-0.2, 0) is 10.0 Å². The van der Waals surface area contributed by atoms with Crippen LogP contribution in [0.3, 0.4) is 0 Å². The minimum Gasteiger partial charge on any atom is -0.496 e. The molecule has 7 heteroatoms. The van der Waals surface area contributed by atoms with Crippen molar-refractivity contribution in [2.24, 2.45) is 0 Å². The number of halogens is 1. The van der Waals surface area contributed by atoms with Gasteiger partial charge in [0.1, 0.15) is 5.75 Å². The van der Waals surface area contributed by atoms with E-state index in [-0.39, 0.29) is 4.90 Å². The molecule has 1 aromatic carbocycles. The second-order valence-corrected chi connectivity index (χ2v) is 7.12. The Bertz CT molecular complexity index is 766. The molecule has 0 spiro atoms. The van der Waals surface area contributed by atoms with Crippen LogP contribution in [0.4, 0.5) is 0 Å². The van der Waals surface area contributed by atoms with E-state index in [0.717, 1.165) is 4.09 Å². The van der Waals surface area contributed by atoms with E-state index in [1.165, 1.54) is 13.2 Å². The summed E-state index contributed by atoms with van der Waals surface area (Å²) in [5.74, 6) is 0.468. The molecule has 0 unspecified atom stereocenters. The fourth-order valence-corrected chi connectivity index (χ4v) is 4.21. The SMILES string of the molecule is COc1cc(S(=O)(=O)n2nc(C)cc2C)c(C)cc1Br. The van der Waals surface area contributed by atoms with Crippen molar-refractivity contribution in [2.75, 3.05) is 7.11 Å². The van der Waals surface area contributed by atoms with E-state index in [0.29, 0.717) is 27.2 Å². The number of hydrogen-bond acceptors (Lipinski definition) is 4. The number of hydrogen-bond donors (Lipinski definition) is 0. The number of aryl methyl sites for hydroxylation is 3. The molecule has 0 amide bonds. The van der Waals surface area contributed by atoms with E-state index in [1.54, 1.807) is 32.9 Å². The van der Waals surface area contributed by atoms with Gasteiger partial charge in [-0.25, -0.2) is 0 Å². The van der Waals surface area contributed by atoms with Gasteiger partial charge in [0.2, 0.25) is 0 Å². The van der Waals surface area contributed by atoms with E-state index in [1.807, 2.05) is 0 Å². The van der Waals surface area contributed by atoms with E-state index in [4.69, 9.17) is 4.74 Å². The lowest BCUT2D eigenvalue weighted by molar-refractivity contribution is 0.410. The first-order valence-corrected chi connectivity index (χ1v) is 8.13. The minimum atomic E-state index is -3.72. The van der Waals surface area contributed by atoms with Crippen LogP contribution in [0.1, 0.15) is 17.0 Å². The van der Waals surface area contributed by atoms with Crippen molar-refractivity contribution in [2.45, 2.75) is 25.7 Å². The van der Waals surface area contributed by atoms with Crippen LogP contribution in [0.5, 0.6) is 5.75 Å². The summed E-state index contributed by atoms with van der Waals surface area (Å²) in [4.78, 5) is 0.184. The number of nitrogens with zero attached hydrogens (tertiary/aromatic N) is 2. The standard InChI is InChI=1S/C13H15BrN2O3S/c1-8-5-11(14)12(19-4)7-13(8)20(17,18)16-10(3)6-9(2)15-16/h5-7H,1-4H3. The maximum Gasteiger partial charge on any atom is 0.283 e. The van der Waals surface area contributed by atoms with Gasteiger partial charge in [0.15, 0.2) is 0 Å². The monoisotopic (exact) mass is 358 g/mol. The van der Waals surface area contributed by atoms with Crippen LogP contribution in [0.15, 0.2) is 27.6 Å². The predicted octanol–water partition coefficient (Wildman–Crippen LogP) is 2.82. The van der Waals surface area contributed by atoms with Crippen molar-refractivity contribution in [1.29, 1.82) is 0 Å². The quantitative estimate of drug-likeness (QED) is 0.846. The van der Waals surface area contributed by atoms with Gasteiger partial charge in [-0.2, -0.15) is 17.6 Å². The Morgan fingerprint density at radius 2 is 1.85 bits per heavy atom. The van der Waals surface area contributed by atoms with Crippen LogP contribution >= 0.6 is 15.9 Å². The minimum absolute atomic E-state index is 0.184. The largest absolute Gasteiger partial charge is 0.496 e. The molecule has 0 saturated heterocycles. The van der Waals surface area contributed by atoms with Crippen molar-refractivity contribution in [3.63, 3.8) is 0 Å². The third kappa shape index (κ3) is 2.47. The first-order chi connectivity index (χ1) is 9.27. The Hall–Kier alpha value is -1.34. The molecule has 0 saturated carbocycles. The molecule has 0 N–H and O–H groups in total. The first kappa shape index (κ1) is 15.1. The molecule has 0 aliphatic rings. The summed E-state index contributed by atoms with van der Waals surface area (Å²) in [6, 6.07) is 4.95. The van der Waals surface area contributed by atoms with E-state index >= 15 is 0 Å². The van der Waals surface area contributed by atoms with Crippen LogP contribution in [0, 0.1) is 20.8 Å². The fraction of sp³-hybridized carbons (Fsp3) is 0.308. The highest BCUT2D eigenvalue weighted by molar-refractivity contribution is 9.10. The molecular formula is C13H15BrN2O3S. The summed E-state index contributed by atoms with van der Waals surface area (Å²) in [6.45, 7) is 5.21. The van der Waals surface area contributed by atoms with Gasteiger partial charge in [-0.15, -0.1) is 0 Å². The van der Waals surface area contributed by atoms with Crippen molar-refractivity contribution < 1.29 is 13.2 Å². The number of methoxy groups -OCH3 is 1. The van der Waals surface area contributed by atoms with Gasteiger partial charge in [-0.3, -0.25) is 0 Å². The Morgan fingerprint density at radius 3 is 2.35 bits per heavy atom. The van der Waals surface area contributed by atoms with Gasteiger partial charge in [-0.05, 0) is 54.4 Å². The summed E-state index contributed by atoms with van der Waals surface area (Å²) < 4.78 is 32.3. The van der Waals surface area contributed by atoms with Crippen molar-refractivity contribution in [3.05, 3.63) is 39.6 Å².